The van der Waals surface area contributed by atoms with E-state index >= 15 is 0 Å². The van der Waals surface area contributed by atoms with Crippen LogP contribution in [0.3, 0.4) is 0 Å². The van der Waals surface area contributed by atoms with Crippen molar-refractivity contribution in [2.75, 3.05) is 31.9 Å². The van der Waals surface area contributed by atoms with Crippen molar-refractivity contribution in [3.63, 3.8) is 0 Å². The van der Waals surface area contributed by atoms with Crippen molar-refractivity contribution in [1.82, 2.24) is 14.8 Å². The molecule has 2 fully saturated rings. The number of piperidine rings is 2. The fourth-order valence-corrected chi connectivity index (χ4v) is 4.28. The number of carbonyl (C=O) groups excluding carboxylic acids is 1. The van der Waals surface area contributed by atoms with Crippen LogP contribution >= 0.6 is 11.3 Å². The second-order valence-corrected chi connectivity index (χ2v) is 7.12. The minimum atomic E-state index is 0.110. The molecule has 1 amide bonds. The van der Waals surface area contributed by atoms with E-state index in [9.17, 15) is 4.79 Å². The maximum absolute atomic E-state index is 12.5. The van der Waals surface area contributed by atoms with Crippen LogP contribution in [0.4, 0.5) is 5.13 Å². The first kappa shape index (κ1) is 14.8. The van der Waals surface area contributed by atoms with Crippen molar-refractivity contribution in [2.24, 2.45) is 0 Å². The molecular weight excluding hydrogens is 284 g/mol. The molecule has 116 valence electrons. The Kier molecular flexibility index (Phi) is 4.45. The van der Waals surface area contributed by atoms with Gasteiger partial charge < -0.3 is 15.5 Å². The number of carbonyl (C=O) groups is 1. The highest BCUT2D eigenvalue weighted by Crippen LogP contribution is 2.25. The highest BCUT2D eigenvalue weighted by Gasteiger charge is 2.29. The van der Waals surface area contributed by atoms with Crippen molar-refractivity contribution >= 4 is 22.4 Å². The lowest BCUT2D eigenvalue weighted by Gasteiger charge is -2.40. The number of amides is 1. The number of rotatable bonds is 2. The first-order valence-corrected chi connectivity index (χ1v) is 8.73. The fourth-order valence-electron chi connectivity index (χ4n) is 3.48. The van der Waals surface area contributed by atoms with Crippen molar-refractivity contribution in [3.8, 4) is 0 Å². The van der Waals surface area contributed by atoms with Crippen LogP contribution in [0.2, 0.25) is 0 Å². The molecule has 2 aliphatic rings. The van der Waals surface area contributed by atoms with Gasteiger partial charge in [-0.2, -0.15) is 0 Å². The summed E-state index contributed by atoms with van der Waals surface area (Å²) in [5.41, 5.74) is 6.46. The number of anilines is 1. The van der Waals surface area contributed by atoms with E-state index in [0.717, 1.165) is 31.6 Å². The number of likely N-dealkylation sites (tertiary alicyclic amines) is 2. The summed E-state index contributed by atoms with van der Waals surface area (Å²) in [6.07, 6.45) is 6.23. The molecule has 2 aliphatic heterocycles. The van der Waals surface area contributed by atoms with Crippen LogP contribution in [0.25, 0.3) is 0 Å². The van der Waals surface area contributed by atoms with Gasteiger partial charge in [0.15, 0.2) is 5.13 Å². The summed E-state index contributed by atoms with van der Waals surface area (Å²) in [6, 6.07) is 0.668. The van der Waals surface area contributed by atoms with Gasteiger partial charge in [0.05, 0.1) is 5.69 Å². The van der Waals surface area contributed by atoms with Crippen molar-refractivity contribution in [3.05, 3.63) is 10.6 Å². The average molecular weight is 308 g/mol. The van der Waals surface area contributed by atoms with Crippen molar-refractivity contribution in [1.29, 1.82) is 0 Å². The normalized spacial score (nSPS) is 21.7. The van der Waals surface area contributed by atoms with Gasteiger partial charge in [-0.25, -0.2) is 4.98 Å². The molecular formula is C15H24N4OS. The third kappa shape index (κ3) is 3.21. The molecule has 0 spiro atoms. The number of nitrogens with two attached hydrogens (primary N) is 1. The minimum Gasteiger partial charge on any atom is -0.375 e. The van der Waals surface area contributed by atoms with Crippen LogP contribution in [0.1, 0.15) is 47.5 Å². The van der Waals surface area contributed by atoms with E-state index in [0.29, 0.717) is 16.1 Å². The number of nitrogen functional groups attached to an aromatic ring is 1. The van der Waals surface area contributed by atoms with Gasteiger partial charge in [0.2, 0.25) is 0 Å². The van der Waals surface area contributed by atoms with Crippen LogP contribution in [-0.2, 0) is 0 Å². The molecule has 2 N–H and O–H groups in total. The highest BCUT2D eigenvalue weighted by molar-refractivity contribution is 7.17. The van der Waals surface area contributed by atoms with Gasteiger partial charge in [0.1, 0.15) is 4.88 Å². The highest BCUT2D eigenvalue weighted by atomic mass is 32.1. The molecule has 0 saturated carbocycles. The maximum Gasteiger partial charge on any atom is 0.265 e. The Morgan fingerprint density at radius 3 is 2.43 bits per heavy atom. The van der Waals surface area contributed by atoms with Gasteiger partial charge in [-0.1, -0.05) is 17.8 Å². The zero-order valence-corrected chi connectivity index (χ0v) is 13.5. The van der Waals surface area contributed by atoms with Gasteiger partial charge in [0.25, 0.3) is 5.91 Å². The van der Waals surface area contributed by atoms with E-state index in [1.807, 2.05) is 11.8 Å². The largest absolute Gasteiger partial charge is 0.375 e. The average Bonchev–Trinajstić information content (AvgIpc) is 2.86. The summed E-state index contributed by atoms with van der Waals surface area (Å²) >= 11 is 1.31. The second-order valence-electron chi connectivity index (χ2n) is 6.09. The predicted octanol–water partition coefficient (Wildman–Crippen LogP) is 2.12. The summed E-state index contributed by atoms with van der Waals surface area (Å²) in [7, 11) is 0. The van der Waals surface area contributed by atoms with Crippen LogP contribution in [0.15, 0.2) is 0 Å². The second kappa shape index (κ2) is 6.32. The molecule has 1 aromatic rings. The molecule has 0 radical (unpaired) electrons. The first-order valence-electron chi connectivity index (χ1n) is 7.91. The SMILES string of the molecule is Cc1nc(N)sc1C(=O)N1CCC(N2CCCCC2)CC1. The number of thiazole rings is 1. The maximum atomic E-state index is 12.5. The summed E-state index contributed by atoms with van der Waals surface area (Å²) in [5.74, 6) is 0.110. The van der Waals surface area contributed by atoms with Gasteiger partial charge in [-0.15, -0.1) is 0 Å². The molecule has 0 atom stereocenters. The van der Waals surface area contributed by atoms with Crippen LogP contribution in [0.5, 0.6) is 0 Å². The van der Waals surface area contributed by atoms with E-state index in [-0.39, 0.29) is 5.91 Å². The zero-order valence-electron chi connectivity index (χ0n) is 12.7. The number of hydrogen-bond acceptors (Lipinski definition) is 5. The molecule has 6 heteroatoms. The summed E-state index contributed by atoms with van der Waals surface area (Å²) in [5, 5.41) is 0.485. The number of nitrogens with zero attached hydrogens (tertiary/aromatic N) is 3. The number of hydrogen-bond donors (Lipinski definition) is 1. The third-order valence-electron chi connectivity index (χ3n) is 4.67. The van der Waals surface area contributed by atoms with Gasteiger partial charge >= 0.3 is 0 Å². The van der Waals surface area contributed by atoms with Gasteiger partial charge in [0, 0.05) is 19.1 Å². The summed E-state index contributed by atoms with van der Waals surface area (Å²) in [6.45, 7) is 6.06. The van der Waals surface area contributed by atoms with Crippen LogP contribution in [0, 0.1) is 6.92 Å². The Balaban J connectivity index is 1.57. The Hall–Kier alpha value is -1.14. The standard InChI is InChI=1S/C15H24N4OS/c1-11-13(21-15(16)17-11)14(20)19-9-5-12(6-10-19)18-7-3-2-4-8-18/h12H,2-10H2,1H3,(H2,16,17). The minimum absolute atomic E-state index is 0.110. The van der Waals surface area contributed by atoms with Gasteiger partial charge in [-0.3, -0.25) is 4.79 Å². The van der Waals surface area contributed by atoms with Crippen LogP contribution in [-0.4, -0.2) is 52.9 Å². The number of aryl methyl sites for hydroxylation is 1. The lowest BCUT2D eigenvalue weighted by Crippen LogP contribution is -2.48. The monoisotopic (exact) mass is 308 g/mol. The smallest absolute Gasteiger partial charge is 0.265 e. The van der Waals surface area contributed by atoms with E-state index in [2.05, 4.69) is 9.88 Å². The Morgan fingerprint density at radius 2 is 1.86 bits per heavy atom. The summed E-state index contributed by atoms with van der Waals surface area (Å²) in [4.78, 5) is 22.0. The molecule has 0 bridgehead atoms. The topological polar surface area (TPSA) is 62.5 Å². The Labute approximate surface area is 130 Å². The van der Waals surface area contributed by atoms with Gasteiger partial charge in [-0.05, 0) is 45.7 Å². The number of aromatic nitrogens is 1. The van der Waals surface area contributed by atoms with Crippen LogP contribution < -0.4 is 5.73 Å². The molecule has 0 aliphatic carbocycles. The quantitative estimate of drug-likeness (QED) is 0.909. The lowest BCUT2D eigenvalue weighted by molar-refractivity contribution is 0.0593. The van der Waals surface area contributed by atoms with E-state index < -0.39 is 0 Å². The molecule has 1 aromatic heterocycles. The summed E-state index contributed by atoms with van der Waals surface area (Å²) < 4.78 is 0. The van der Waals surface area contributed by atoms with Crippen molar-refractivity contribution < 1.29 is 4.79 Å². The zero-order chi connectivity index (χ0) is 14.8. The lowest BCUT2D eigenvalue weighted by atomic mass is 10.00. The van der Waals surface area contributed by atoms with E-state index in [4.69, 9.17) is 5.73 Å². The molecule has 0 aromatic carbocycles. The Bertz CT molecular complexity index is 502. The van der Waals surface area contributed by atoms with E-state index in [1.54, 1.807) is 0 Å². The third-order valence-corrected chi connectivity index (χ3v) is 5.64. The molecule has 2 saturated heterocycles. The van der Waals surface area contributed by atoms with E-state index in [1.165, 1.54) is 43.7 Å². The fraction of sp³-hybridized carbons (Fsp3) is 0.733. The first-order chi connectivity index (χ1) is 10.1. The molecule has 0 unspecified atom stereocenters. The molecule has 3 heterocycles. The predicted molar refractivity (Wildman–Crippen MR) is 85.6 cm³/mol. The molecule has 21 heavy (non-hydrogen) atoms. The molecule has 3 rings (SSSR count). The molecule has 5 nitrogen and oxygen atoms in total. The van der Waals surface area contributed by atoms with Crippen molar-refractivity contribution in [2.45, 2.75) is 45.1 Å². The Morgan fingerprint density at radius 1 is 1.19 bits per heavy atom.